The number of sulfonamides is 1. The molecule has 4 nitrogen and oxygen atoms in total. The molecule has 0 bridgehead atoms. The highest BCUT2D eigenvalue weighted by atomic mass is 35.5. The van der Waals surface area contributed by atoms with Gasteiger partial charge in [0.1, 0.15) is 8.55 Å². The van der Waals surface area contributed by atoms with Gasteiger partial charge < -0.3 is 5.11 Å². The van der Waals surface area contributed by atoms with Crippen LogP contribution in [0.5, 0.6) is 0 Å². The van der Waals surface area contributed by atoms with Crippen LogP contribution in [0.4, 0.5) is 0 Å². The molecule has 0 aromatic carbocycles. The minimum atomic E-state index is -3.69. The summed E-state index contributed by atoms with van der Waals surface area (Å²) in [6, 6.07) is 0.793. The first-order valence-corrected chi connectivity index (χ1v) is 8.45. The van der Waals surface area contributed by atoms with Gasteiger partial charge in [-0.15, -0.1) is 11.3 Å². The Morgan fingerprint density at radius 2 is 2.11 bits per heavy atom. The molecule has 0 spiro atoms. The van der Waals surface area contributed by atoms with E-state index in [1.54, 1.807) is 0 Å². The second kappa shape index (κ2) is 6.54. The standard InChI is InChI=1S/C10H15Cl2NO3S2/c1-3-6(2)8(5-14)13-18(15,16)9-4-7(11)10(12)17-9/h4,6,8,13-14H,3,5H2,1-2H3/t6-,8+/m0/s1. The van der Waals surface area contributed by atoms with Crippen molar-refractivity contribution in [3.63, 3.8) is 0 Å². The van der Waals surface area contributed by atoms with Gasteiger partial charge in [0, 0.05) is 6.04 Å². The van der Waals surface area contributed by atoms with Crippen molar-refractivity contribution >= 4 is 44.6 Å². The molecule has 2 atom stereocenters. The Kier molecular flexibility index (Phi) is 5.89. The molecule has 1 heterocycles. The van der Waals surface area contributed by atoms with Crippen molar-refractivity contribution in [2.45, 2.75) is 30.5 Å². The molecule has 0 fully saturated rings. The van der Waals surface area contributed by atoms with Gasteiger partial charge in [-0.3, -0.25) is 0 Å². The molecule has 0 aliphatic carbocycles. The van der Waals surface area contributed by atoms with E-state index in [0.29, 0.717) is 0 Å². The van der Waals surface area contributed by atoms with Crippen LogP contribution >= 0.6 is 34.5 Å². The monoisotopic (exact) mass is 331 g/mol. The predicted octanol–water partition coefficient (Wildman–Crippen LogP) is 2.74. The fourth-order valence-corrected chi connectivity index (χ4v) is 4.57. The number of hydrogen-bond acceptors (Lipinski definition) is 4. The minimum absolute atomic E-state index is 0.0377. The summed E-state index contributed by atoms with van der Waals surface area (Å²) >= 11 is 12.4. The minimum Gasteiger partial charge on any atom is -0.395 e. The average molecular weight is 332 g/mol. The lowest BCUT2D eigenvalue weighted by Crippen LogP contribution is -2.41. The van der Waals surface area contributed by atoms with Crippen LogP contribution < -0.4 is 4.72 Å². The van der Waals surface area contributed by atoms with Crippen LogP contribution in [-0.4, -0.2) is 26.2 Å². The first-order chi connectivity index (χ1) is 8.31. The lowest BCUT2D eigenvalue weighted by atomic mass is 10.0. The number of aliphatic hydroxyl groups is 1. The van der Waals surface area contributed by atoms with E-state index in [0.717, 1.165) is 17.8 Å². The van der Waals surface area contributed by atoms with E-state index in [9.17, 15) is 13.5 Å². The molecule has 2 N–H and O–H groups in total. The molecule has 1 aromatic rings. The van der Waals surface area contributed by atoms with E-state index in [2.05, 4.69) is 4.72 Å². The Morgan fingerprint density at radius 1 is 1.50 bits per heavy atom. The van der Waals surface area contributed by atoms with Crippen LogP contribution in [0.15, 0.2) is 10.3 Å². The Bertz CT molecular complexity index is 482. The molecule has 18 heavy (non-hydrogen) atoms. The Balaban J connectivity index is 2.94. The van der Waals surface area contributed by atoms with Crippen molar-refractivity contribution in [3.05, 3.63) is 15.4 Å². The number of thiophene rings is 1. The molecule has 1 rings (SSSR count). The van der Waals surface area contributed by atoms with Crippen molar-refractivity contribution in [1.82, 2.24) is 4.72 Å². The summed E-state index contributed by atoms with van der Waals surface area (Å²) in [5, 5.41) is 9.44. The summed E-state index contributed by atoms with van der Waals surface area (Å²) in [6.07, 6.45) is 0.764. The van der Waals surface area contributed by atoms with Crippen LogP contribution in [0, 0.1) is 5.92 Å². The van der Waals surface area contributed by atoms with Crippen LogP contribution in [0.2, 0.25) is 9.36 Å². The van der Waals surface area contributed by atoms with E-state index >= 15 is 0 Å². The molecule has 0 radical (unpaired) electrons. The van der Waals surface area contributed by atoms with Crippen molar-refractivity contribution in [2.24, 2.45) is 5.92 Å². The summed E-state index contributed by atoms with van der Waals surface area (Å²) < 4.78 is 26.9. The second-order valence-electron chi connectivity index (χ2n) is 3.98. The predicted molar refractivity (Wildman–Crippen MR) is 75.0 cm³/mol. The van der Waals surface area contributed by atoms with E-state index in [1.165, 1.54) is 6.07 Å². The summed E-state index contributed by atoms with van der Waals surface area (Å²) in [5.41, 5.74) is 0. The molecule has 0 saturated heterocycles. The largest absolute Gasteiger partial charge is 0.395 e. The summed E-state index contributed by atoms with van der Waals surface area (Å²) in [5.74, 6) is 0.0377. The van der Waals surface area contributed by atoms with E-state index in [4.69, 9.17) is 23.2 Å². The Morgan fingerprint density at radius 3 is 2.50 bits per heavy atom. The molecule has 1 aromatic heterocycles. The summed E-state index contributed by atoms with van der Waals surface area (Å²) in [4.78, 5) is 0. The molecule has 0 aliphatic rings. The fourth-order valence-electron chi connectivity index (χ4n) is 1.33. The number of halogens is 2. The van der Waals surface area contributed by atoms with Gasteiger partial charge in [0.05, 0.1) is 11.6 Å². The van der Waals surface area contributed by atoms with E-state index < -0.39 is 16.1 Å². The Hall–Kier alpha value is 0.150. The van der Waals surface area contributed by atoms with Crippen LogP contribution in [0.1, 0.15) is 20.3 Å². The molecule has 104 valence electrons. The first kappa shape index (κ1) is 16.2. The van der Waals surface area contributed by atoms with Crippen molar-refractivity contribution < 1.29 is 13.5 Å². The van der Waals surface area contributed by atoms with Gasteiger partial charge >= 0.3 is 0 Å². The van der Waals surface area contributed by atoms with Crippen LogP contribution in [0.25, 0.3) is 0 Å². The van der Waals surface area contributed by atoms with Gasteiger partial charge in [-0.2, -0.15) is 0 Å². The quantitative estimate of drug-likeness (QED) is 0.842. The zero-order valence-corrected chi connectivity index (χ0v) is 13.1. The Labute approximate surface area is 121 Å². The molecule has 0 saturated carbocycles. The maximum atomic E-state index is 12.1. The van der Waals surface area contributed by atoms with Gasteiger partial charge in [0.25, 0.3) is 0 Å². The maximum absolute atomic E-state index is 12.1. The number of nitrogens with one attached hydrogen (secondary N) is 1. The number of rotatable bonds is 6. The molecule has 0 amide bonds. The third-order valence-electron chi connectivity index (χ3n) is 2.72. The van der Waals surface area contributed by atoms with Gasteiger partial charge in [0.15, 0.2) is 0 Å². The maximum Gasteiger partial charge on any atom is 0.250 e. The normalized spacial score (nSPS) is 15.6. The topological polar surface area (TPSA) is 66.4 Å². The van der Waals surface area contributed by atoms with Crippen LogP contribution in [-0.2, 0) is 10.0 Å². The number of aliphatic hydroxyl groups excluding tert-OH is 1. The zero-order chi connectivity index (χ0) is 13.9. The van der Waals surface area contributed by atoms with Crippen LogP contribution in [0.3, 0.4) is 0 Å². The SMILES string of the molecule is CC[C@H](C)[C@@H](CO)NS(=O)(=O)c1cc(Cl)c(Cl)s1. The highest BCUT2D eigenvalue weighted by Gasteiger charge is 2.25. The van der Waals surface area contributed by atoms with Crippen molar-refractivity contribution in [3.8, 4) is 0 Å². The highest BCUT2D eigenvalue weighted by Crippen LogP contribution is 2.34. The smallest absolute Gasteiger partial charge is 0.250 e. The summed E-state index contributed by atoms with van der Waals surface area (Å²) in [7, 11) is -3.69. The second-order valence-corrected chi connectivity index (χ2v) is 7.99. The van der Waals surface area contributed by atoms with Gasteiger partial charge in [-0.25, -0.2) is 13.1 Å². The van der Waals surface area contributed by atoms with Crippen molar-refractivity contribution in [1.29, 1.82) is 0 Å². The van der Waals surface area contributed by atoms with Gasteiger partial charge in [0.2, 0.25) is 10.0 Å². The fraction of sp³-hybridized carbons (Fsp3) is 0.600. The average Bonchev–Trinajstić information content (AvgIpc) is 2.66. The molecule has 0 unspecified atom stereocenters. The third kappa shape index (κ3) is 3.82. The van der Waals surface area contributed by atoms with Gasteiger partial charge in [-0.1, -0.05) is 43.5 Å². The number of hydrogen-bond donors (Lipinski definition) is 2. The lowest BCUT2D eigenvalue weighted by molar-refractivity contribution is 0.219. The first-order valence-electron chi connectivity index (χ1n) is 5.39. The van der Waals surface area contributed by atoms with E-state index in [-0.39, 0.29) is 26.1 Å². The zero-order valence-electron chi connectivity index (χ0n) is 9.98. The summed E-state index contributed by atoms with van der Waals surface area (Å²) in [6.45, 7) is 3.55. The lowest BCUT2D eigenvalue weighted by Gasteiger charge is -2.21. The molecular weight excluding hydrogens is 317 g/mol. The van der Waals surface area contributed by atoms with Crippen molar-refractivity contribution in [2.75, 3.05) is 6.61 Å². The third-order valence-corrected chi connectivity index (χ3v) is 6.55. The van der Waals surface area contributed by atoms with E-state index in [1.807, 2.05) is 13.8 Å². The van der Waals surface area contributed by atoms with Gasteiger partial charge in [-0.05, 0) is 12.0 Å². The molecule has 0 aliphatic heterocycles. The highest BCUT2D eigenvalue weighted by molar-refractivity contribution is 7.91. The molecule has 8 heteroatoms. The molecular formula is C10H15Cl2NO3S2.